The number of nitrogens with one attached hydrogen (secondary N) is 1. The van der Waals surface area contributed by atoms with Crippen LogP contribution in [0.25, 0.3) is 10.2 Å². The molecule has 1 N–H and O–H groups in total. The van der Waals surface area contributed by atoms with Gasteiger partial charge in [0.15, 0.2) is 0 Å². The number of esters is 1. The molecule has 140 valence electrons. The van der Waals surface area contributed by atoms with Crippen LogP contribution in [0.2, 0.25) is 0 Å². The van der Waals surface area contributed by atoms with Crippen LogP contribution in [0.3, 0.4) is 0 Å². The lowest BCUT2D eigenvalue weighted by atomic mass is 10.2. The fourth-order valence-corrected chi connectivity index (χ4v) is 5.48. The lowest BCUT2D eigenvalue weighted by Gasteiger charge is -2.20. The number of thiophene rings is 1. The summed E-state index contributed by atoms with van der Waals surface area (Å²) in [7, 11) is 0. The first-order valence-corrected chi connectivity index (χ1v) is 10.7. The lowest BCUT2D eigenvalue weighted by molar-refractivity contribution is 0.0531. The van der Waals surface area contributed by atoms with Gasteiger partial charge in [0.05, 0.1) is 17.2 Å². The molecule has 9 heteroatoms. The van der Waals surface area contributed by atoms with Crippen LogP contribution in [0.4, 0.5) is 0 Å². The van der Waals surface area contributed by atoms with E-state index in [2.05, 4.69) is 14.9 Å². The quantitative estimate of drug-likeness (QED) is 0.608. The number of carbonyl (C=O) groups is 1. The van der Waals surface area contributed by atoms with Crippen LogP contribution < -0.4 is 5.56 Å². The largest absolute Gasteiger partial charge is 0.462 e. The van der Waals surface area contributed by atoms with Gasteiger partial charge in [-0.25, -0.2) is 9.78 Å². The first-order valence-electron chi connectivity index (χ1n) is 8.58. The van der Waals surface area contributed by atoms with E-state index in [0.717, 1.165) is 17.4 Å². The number of H-pyrrole nitrogens is 1. The second-order valence-electron chi connectivity index (χ2n) is 6.13. The molecule has 1 saturated heterocycles. The summed E-state index contributed by atoms with van der Waals surface area (Å²) in [5, 5.41) is 0.384. The number of thiocarbonyl (C=S) groups is 1. The summed E-state index contributed by atoms with van der Waals surface area (Å²) in [6, 6.07) is 0. The Hall–Kier alpha value is -1.45. The van der Waals surface area contributed by atoms with Gasteiger partial charge in [-0.1, -0.05) is 24.0 Å². The Balaban J connectivity index is 1.89. The molecule has 1 aliphatic heterocycles. The van der Waals surface area contributed by atoms with Crippen molar-refractivity contribution < 1.29 is 9.53 Å². The highest BCUT2D eigenvalue weighted by Gasteiger charge is 2.23. The van der Waals surface area contributed by atoms with Gasteiger partial charge in [-0.2, -0.15) is 0 Å². The first kappa shape index (κ1) is 19.3. The summed E-state index contributed by atoms with van der Waals surface area (Å²) in [5.41, 5.74) is 0.394. The molecule has 2 aromatic heterocycles. The van der Waals surface area contributed by atoms with Crippen LogP contribution in [0.1, 0.15) is 53.0 Å². The SMILES string of the molecule is CCOC(=O)c1sc2nc([C@H](C)SC(=S)N3CCCC3)[nH]c(=O)c2c1C. The molecule has 0 saturated carbocycles. The van der Waals surface area contributed by atoms with Crippen molar-refractivity contribution in [3.63, 3.8) is 0 Å². The van der Waals surface area contributed by atoms with E-state index >= 15 is 0 Å². The number of aryl methyl sites for hydroxylation is 1. The number of aromatic nitrogens is 2. The number of hydrogen-bond donors (Lipinski definition) is 1. The fraction of sp³-hybridized carbons (Fsp3) is 0.529. The van der Waals surface area contributed by atoms with E-state index in [4.69, 9.17) is 17.0 Å². The highest BCUT2D eigenvalue weighted by atomic mass is 32.2. The van der Waals surface area contributed by atoms with Gasteiger partial charge in [-0.15, -0.1) is 11.3 Å². The van der Waals surface area contributed by atoms with Crippen molar-refractivity contribution in [2.24, 2.45) is 0 Å². The Morgan fingerprint density at radius 1 is 1.46 bits per heavy atom. The third-order valence-corrected chi connectivity index (χ3v) is 7.06. The average molecular weight is 412 g/mol. The Morgan fingerprint density at radius 3 is 2.81 bits per heavy atom. The number of fused-ring (bicyclic) bond motifs is 1. The van der Waals surface area contributed by atoms with Crippen LogP contribution in [0.15, 0.2) is 4.79 Å². The van der Waals surface area contributed by atoms with Crippen LogP contribution >= 0.6 is 35.3 Å². The molecule has 0 spiro atoms. The summed E-state index contributed by atoms with van der Waals surface area (Å²) >= 11 is 8.25. The van der Waals surface area contributed by atoms with Crippen molar-refractivity contribution in [3.8, 4) is 0 Å². The van der Waals surface area contributed by atoms with Gasteiger partial charge in [-0.05, 0) is 39.2 Å². The summed E-state index contributed by atoms with van der Waals surface area (Å²) in [6.45, 7) is 7.77. The molecule has 0 amide bonds. The summed E-state index contributed by atoms with van der Waals surface area (Å²) in [6.07, 6.45) is 2.34. The molecule has 0 aromatic carbocycles. The highest BCUT2D eigenvalue weighted by Crippen LogP contribution is 2.32. The molecule has 0 aliphatic carbocycles. The van der Waals surface area contributed by atoms with E-state index in [-0.39, 0.29) is 10.8 Å². The number of thioether (sulfide) groups is 1. The zero-order valence-corrected chi connectivity index (χ0v) is 17.4. The predicted octanol–water partition coefficient (Wildman–Crippen LogP) is 3.64. The third-order valence-electron chi connectivity index (χ3n) is 4.31. The van der Waals surface area contributed by atoms with E-state index in [1.54, 1.807) is 13.8 Å². The monoisotopic (exact) mass is 411 g/mol. The third kappa shape index (κ3) is 3.79. The van der Waals surface area contributed by atoms with Crippen LogP contribution in [-0.2, 0) is 4.74 Å². The Kier molecular flexibility index (Phi) is 5.99. The van der Waals surface area contributed by atoms with Gasteiger partial charge >= 0.3 is 5.97 Å². The van der Waals surface area contributed by atoms with Crippen molar-refractivity contribution >= 4 is 55.8 Å². The minimum absolute atomic E-state index is 0.0753. The van der Waals surface area contributed by atoms with Crippen LogP contribution in [-0.4, -0.2) is 44.9 Å². The normalized spacial score (nSPS) is 15.4. The molecule has 1 fully saturated rings. The zero-order valence-electron chi connectivity index (χ0n) is 15.0. The summed E-state index contributed by atoms with van der Waals surface area (Å²) in [4.78, 5) is 35.3. The Bertz CT molecular complexity index is 900. The van der Waals surface area contributed by atoms with E-state index in [0.29, 0.717) is 33.1 Å². The van der Waals surface area contributed by atoms with Gasteiger partial charge in [0.1, 0.15) is 19.9 Å². The van der Waals surface area contributed by atoms with Crippen molar-refractivity contribution in [2.45, 2.75) is 38.9 Å². The molecule has 26 heavy (non-hydrogen) atoms. The number of rotatable bonds is 4. The topological polar surface area (TPSA) is 75.3 Å². The van der Waals surface area contributed by atoms with Crippen molar-refractivity contribution in [1.29, 1.82) is 0 Å². The minimum Gasteiger partial charge on any atom is -0.462 e. The maximum absolute atomic E-state index is 12.6. The average Bonchev–Trinajstić information content (AvgIpc) is 3.23. The number of aromatic amines is 1. The molecule has 1 aliphatic rings. The molecule has 2 aromatic rings. The van der Waals surface area contributed by atoms with E-state index in [1.807, 2.05) is 6.92 Å². The number of ether oxygens (including phenoxy) is 1. The predicted molar refractivity (Wildman–Crippen MR) is 110 cm³/mol. The Morgan fingerprint density at radius 2 is 2.15 bits per heavy atom. The Labute approximate surface area is 165 Å². The number of hydrogen-bond acceptors (Lipinski definition) is 7. The summed E-state index contributed by atoms with van der Waals surface area (Å²) < 4.78 is 5.91. The number of likely N-dealkylation sites (tertiary alicyclic amines) is 1. The number of nitrogens with zero attached hydrogens (tertiary/aromatic N) is 2. The lowest BCUT2D eigenvalue weighted by Crippen LogP contribution is -2.24. The number of carbonyl (C=O) groups excluding carboxylic acids is 1. The molecule has 6 nitrogen and oxygen atoms in total. The molecule has 1 atom stereocenters. The smallest absolute Gasteiger partial charge is 0.348 e. The van der Waals surface area contributed by atoms with Crippen molar-refractivity contribution in [1.82, 2.24) is 14.9 Å². The highest BCUT2D eigenvalue weighted by molar-refractivity contribution is 8.23. The maximum atomic E-state index is 12.6. The standard InChI is InChI=1S/C17H21N3O3S3/c1-4-23-16(22)12-9(2)11-14(21)18-13(19-15(11)26-12)10(3)25-17(24)20-7-5-6-8-20/h10H,4-8H2,1-3H3,(H,18,19,21)/t10-/m0/s1. The second kappa shape index (κ2) is 8.06. The van der Waals surface area contributed by atoms with Crippen LogP contribution in [0.5, 0.6) is 0 Å². The molecule has 0 unspecified atom stereocenters. The molecule has 3 rings (SSSR count). The molecular weight excluding hydrogens is 390 g/mol. The van der Waals surface area contributed by atoms with Crippen molar-refractivity contribution in [2.75, 3.05) is 19.7 Å². The maximum Gasteiger partial charge on any atom is 0.348 e. The molecule has 0 bridgehead atoms. The van der Waals surface area contributed by atoms with Gasteiger partial charge in [0.25, 0.3) is 5.56 Å². The van der Waals surface area contributed by atoms with Gasteiger partial charge in [-0.3, -0.25) is 4.79 Å². The van der Waals surface area contributed by atoms with Crippen LogP contribution in [0, 0.1) is 6.92 Å². The summed E-state index contributed by atoms with van der Waals surface area (Å²) in [5.74, 6) is 0.164. The fourth-order valence-electron chi connectivity index (χ4n) is 2.93. The van der Waals surface area contributed by atoms with Gasteiger partial charge in [0, 0.05) is 13.1 Å². The zero-order chi connectivity index (χ0) is 18.8. The molecular formula is C17H21N3O3S3. The van der Waals surface area contributed by atoms with E-state index in [1.165, 1.54) is 35.9 Å². The molecule has 0 radical (unpaired) electrons. The van der Waals surface area contributed by atoms with Gasteiger partial charge < -0.3 is 14.6 Å². The second-order valence-corrected chi connectivity index (χ2v) is 9.10. The van der Waals surface area contributed by atoms with Crippen molar-refractivity contribution in [3.05, 3.63) is 26.6 Å². The van der Waals surface area contributed by atoms with Gasteiger partial charge in [0.2, 0.25) is 0 Å². The molecule has 3 heterocycles. The first-order chi connectivity index (χ1) is 12.4. The van der Waals surface area contributed by atoms with E-state index < -0.39 is 5.97 Å². The van der Waals surface area contributed by atoms with E-state index in [9.17, 15) is 9.59 Å². The minimum atomic E-state index is -0.411.